The molecule has 1 aromatic heterocycles. The van der Waals surface area contributed by atoms with Crippen molar-refractivity contribution in [3.8, 4) is 0 Å². The molecule has 0 saturated heterocycles. The van der Waals surface area contributed by atoms with Gasteiger partial charge in [-0.25, -0.2) is 9.37 Å². The Morgan fingerprint density at radius 1 is 1.30 bits per heavy atom. The van der Waals surface area contributed by atoms with Gasteiger partial charge in [-0.05, 0) is 31.7 Å². The Morgan fingerprint density at radius 2 is 2.00 bits per heavy atom. The summed E-state index contributed by atoms with van der Waals surface area (Å²) in [5, 5.41) is 2.97. The van der Waals surface area contributed by atoms with Crippen molar-refractivity contribution in [3.63, 3.8) is 0 Å². The molecule has 108 valence electrons. The molecule has 0 amide bonds. The molecule has 20 heavy (non-hydrogen) atoms. The van der Waals surface area contributed by atoms with Gasteiger partial charge in [0.05, 0.1) is 22.8 Å². The number of benzene rings is 1. The number of hydrogen-bond acceptors (Lipinski definition) is 3. The van der Waals surface area contributed by atoms with Crippen LogP contribution >= 0.6 is 11.3 Å². The summed E-state index contributed by atoms with van der Waals surface area (Å²) in [6.07, 6.45) is -4.68. The van der Waals surface area contributed by atoms with E-state index in [9.17, 15) is 17.6 Å². The predicted octanol–water partition coefficient (Wildman–Crippen LogP) is 3.92. The fraction of sp³-hybridized carbons (Fsp3) is 0.308. The summed E-state index contributed by atoms with van der Waals surface area (Å²) in [7, 11) is 1.67. The third-order valence-electron chi connectivity index (χ3n) is 2.97. The Labute approximate surface area is 117 Å². The van der Waals surface area contributed by atoms with Crippen LogP contribution in [0.3, 0.4) is 0 Å². The van der Waals surface area contributed by atoms with Crippen LogP contribution in [0.4, 0.5) is 17.6 Å². The molecule has 1 atom stereocenters. The Balaban J connectivity index is 2.43. The van der Waals surface area contributed by atoms with Crippen LogP contribution in [-0.4, -0.2) is 12.0 Å². The van der Waals surface area contributed by atoms with Crippen molar-refractivity contribution < 1.29 is 17.6 Å². The van der Waals surface area contributed by atoms with E-state index in [4.69, 9.17) is 0 Å². The average molecular weight is 304 g/mol. The van der Waals surface area contributed by atoms with Gasteiger partial charge in [-0.3, -0.25) is 0 Å². The summed E-state index contributed by atoms with van der Waals surface area (Å²) < 4.78 is 51.2. The smallest absolute Gasteiger partial charge is 0.309 e. The zero-order valence-electron chi connectivity index (χ0n) is 10.8. The maximum atomic E-state index is 13.6. The molecular weight excluding hydrogens is 292 g/mol. The monoisotopic (exact) mass is 304 g/mol. The summed E-state index contributed by atoms with van der Waals surface area (Å²) in [5.41, 5.74) is 1.60. The highest BCUT2D eigenvalue weighted by atomic mass is 32.1. The summed E-state index contributed by atoms with van der Waals surface area (Å²) in [4.78, 5) is 4.95. The number of aromatic nitrogens is 1. The fourth-order valence-corrected chi connectivity index (χ4v) is 2.92. The number of nitrogens with zero attached hydrogens (tertiary/aromatic N) is 1. The van der Waals surface area contributed by atoms with Crippen molar-refractivity contribution in [1.82, 2.24) is 10.3 Å². The standard InChI is InChI=1S/C13H12F4N2S/c1-7-12(20-6-19-7)11(18-2)8-3-4-9(10(14)5-8)13(15,16)17/h3-6,11,18H,1-2H3. The van der Waals surface area contributed by atoms with E-state index >= 15 is 0 Å². The zero-order chi connectivity index (χ0) is 14.9. The third-order valence-corrected chi connectivity index (χ3v) is 3.96. The average Bonchev–Trinajstić information content (AvgIpc) is 2.75. The molecule has 7 heteroatoms. The van der Waals surface area contributed by atoms with E-state index in [1.165, 1.54) is 17.4 Å². The number of hydrogen-bond donors (Lipinski definition) is 1. The first-order valence-electron chi connectivity index (χ1n) is 5.78. The quantitative estimate of drug-likeness (QED) is 0.869. The maximum Gasteiger partial charge on any atom is 0.419 e. The molecule has 1 N–H and O–H groups in total. The zero-order valence-corrected chi connectivity index (χ0v) is 11.6. The van der Waals surface area contributed by atoms with Gasteiger partial charge < -0.3 is 5.32 Å². The number of rotatable bonds is 3. The Morgan fingerprint density at radius 3 is 2.45 bits per heavy atom. The van der Waals surface area contributed by atoms with E-state index < -0.39 is 17.6 Å². The van der Waals surface area contributed by atoms with Crippen molar-refractivity contribution in [1.29, 1.82) is 0 Å². The number of nitrogens with one attached hydrogen (secondary N) is 1. The molecular formula is C13H12F4N2S. The summed E-state index contributed by atoms with van der Waals surface area (Å²) in [6.45, 7) is 1.80. The molecule has 0 aliphatic carbocycles. The van der Waals surface area contributed by atoms with E-state index in [-0.39, 0.29) is 6.04 Å². The highest BCUT2D eigenvalue weighted by Crippen LogP contribution is 2.34. The second-order valence-electron chi connectivity index (χ2n) is 4.26. The second-order valence-corrected chi connectivity index (χ2v) is 5.15. The highest BCUT2D eigenvalue weighted by Gasteiger charge is 2.34. The number of thiazole rings is 1. The third kappa shape index (κ3) is 2.83. The van der Waals surface area contributed by atoms with E-state index in [1.54, 1.807) is 19.5 Å². The van der Waals surface area contributed by atoms with Crippen molar-refractivity contribution in [3.05, 3.63) is 51.2 Å². The summed E-state index contributed by atoms with van der Waals surface area (Å²) in [5.74, 6) is -1.27. The predicted molar refractivity (Wildman–Crippen MR) is 69.2 cm³/mol. The molecule has 1 aromatic carbocycles. The fourth-order valence-electron chi connectivity index (χ4n) is 1.98. The molecule has 0 bridgehead atoms. The molecule has 2 nitrogen and oxygen atoms in total. The Bertz CT molecular complexity index is 607. The first-order valence-corrected chi connectivity index (χ1v) is 6.66. The van der Waals surface area contributed by atoms with Gasteiger partial charge in [0.1, 0.15) is 5.82 Å². The molecule has 2 aromatic rings. The van der Waals surface area contributed by atoms with Gasteiger partial charge in [0, 0.05) is 4.88 Å². The number of aryl methyl sites for hydroxylation is 1. The van der Waals surface area contributed by atoms with Gasteiger partial charge in [-0.15, -0.1) is 11.3 Å². The van der Waals surface area contributed by atoms with Crippen molar-refractivity contribution in [2.24, 2.45) is 0 Å². The first-order chi connectivity index (χ1) is 9.34. The van der Waals surface area contributed by atoms with E-state index in [1.807, 2.05) is 0 Å². The van der Waals surface area contributed by atoms with Crippen molar-refractivity contribution in [2.45, 2.75) is 19.1 Å². The van der Waals surface area contributed by atoms with Gasteiger partial charge in [-0.2, -0.15) is 13.2 Å². The van der Waals surface area contributed by atoms with Gasteiger partial charge in [0.25, 0.3) is 0 Å². The minimum atomic E-state index is -4.68. The van der Waals surface area contributed by atoms with E-state index in [0.29, 0.717) is 5.56 Å². The Hall–Kier alpha value is -1.47. The lowest BCUT2D eigenvalue weighted by atomic mass is 10.0. The molecule has 0 aliphatic heterocycles. The van der Waals surface area contributed by atoms with Crippen LogP contribution in [0, 0.1) is 12.7 Å². The number of alkyl halides is 3. The molecule has 1 heterocycles. The van der Waals surface area contributed by atoms with E-state index in [2.05, 4.69) is 10.3 Å². The minimum Gasteiger partial charge on any atom is -0.309 e. The lowest BCUT2D eigenvalue weighted by molar-refractivity contribution is -0.140. The van der Waals surface area contributed by atoms with Gasteiger partial charge in [0.15, 0.2) is 0 Å². The van der Waals surface area contributed by atoms with Crippen LogP contribution in [0.1, 0.15) is 27.7 Å². The van der Waals surface area contributed by atoms with Gasteiger partial charge in [-0.1, -0.05) is 6.07 Å². The second kappa shape index (κ2) is 5.49. The largest absolute Gasteiger partial charge is 0.419 e. The normalized spacial score (nSPS) is 13.5. The molecule has 2 rings (SSSR count). The SMILES string of the molecule is CNC(c1ccc(C(F)(F)F)c(F)c1)c1scnc1C. The molecule has 0 spiro atoms. The maximum absolute atomic E-state index is 13.6. The van der Waals surface area contributed by atoms with Crippen molar-refractivity contribution in [2.75, 3.05) is 7.05 Å². The van der Waals surface area contributed by atoms with E-state index in [0.717, 1.165) is 22.7 Å². The Kier molecular flexibility index (Phi) is 4.10. The highest BCUT2D eigenvalue weighted by molar-refractivity contribution is 7.09. The number of halogens is 4. The molecule has 1 unspecified atom stereocenters. The van der Waals surface area contributed by atoms with Gasteiger partial charge in [0.2, 0.25) is 0 Å². The van der Waals surface area contributed by atoms with Crippen LogP contribution in [-0.2, 0) is 6.18 Å². The minimum absolute atomic E-state index is 0.376. The molecule has 0 radical (unpaired) electrons. The first kappa shape index (κ1) is 14.9. The molecule has 0 fully saturated rings. The van der Waals surface area contributed by atoms with Crippen LogP contribution in [0.25, 0.3) is 0 Å². The lowest BCUT2D eigenvalue weighted by Gasteiger charge is -2.17. The molecule has 0 saturated carbocycles. The van der Waals surface area contributed by atoms with Crippen molar-refractivity contribution >= 4 is 11.3 Å². The summed E-state index contributed by atoms with van der Waals surface area (Å²) >= 11 is 1.37. The summed E-state index contributed by atoms with van der Waals surface area (Å²) in [6, 6.07) is 2.60. The lowest BCUT2D eigenvalue weighted by Crippen LogP contribution is -2.18. The van der Waals surface area contributed by atoms with Crippen LogP contribution in [0.2, 0.25) is 0 Å². The van der Waals surface area contributed by atoms with Crippen LogP contribution < -0.4 is 5.32 Å². The van der Waals surface area contributed by atoms with Crippen LogP contribution in [0.5, 0.6) is 0 Å². The molecule has 0 aliphatic rings. The topological polar surface area (TPSA) is 24.9 Å². The van der Waals surface area contributed by atoms with Crippen LogP contribution in [0.15, 0.2) is 23.7 Å². The van der Waals surface area contributed by atoms with Gasteiger partial charge >= 0.3 is 6.18 Å².